The van der Waals surface area contributed by atoms with Gasteiger partial charge in [-0.3, -0.25) is 0 Å². The van der Waals surface area contributed by atoms with E-state index in [2.05, 4.69) is 39.7 Å². The van der Waals surface area contributed by atoms with Crippen LogP contribution >= 0.6 is 15.9 Å². The summed E-state index contributed by atoms with van der Waals surface area (Å²) in [5.74, 6) is 1.05. The molecule has 1 rings (SSSR count). The van der Waals surface area contributed by atoms with Crippen molar-refractivity contribution >= 4 is 15.9 Å². The molecule has 0 amide bonds. The molecule has 0 aliphatic carbocycles. The summed E-state index contributed by atoms with van der Waals surface area (Å²) in [5.41, 5.74) is 2.09. The molecule has 0 aliphatic rings. The third-order valence-corrected chi connectivity index (χ3v) is 3.27. The molecule has 4 heteroatoms. The molecule has 2 unspecified atom stereocenters. The first-order chi connectivity index (χ1) is 7.07. The van der Waals surface area contributed by atoms with Gasteiger partial charge in [-0.2, -0.15) is 0 Å². The van der Waals surface area contributed by atoms with Gasteiger partial charge >= 0.3 is 0 Å². The average Bonchev–Trinajstić information content (AvgIpc) is 2.20. The second-order valence-electron chi connectivity index (χ2n) is 3.59. The molecule has 15 heavy (non-hydrogen) atoms. The Balaban J connectivity index is 3.03. The lowest BCUT2D eigenvalue weighted by molar-refractivity contribution is 0.322. The van der Waals surface area contributed by atoms with Crippen molar-refractivity contribution in [1.82, 2.24) is 9.97 Å². The fourth-order valence-electron chi connectivity index (χ4n) is 1.41. The number of rotatable bonds is 4. The molecule has 0 aromatic carbocycles. The van der Waals surface area contributed by atoms with Crippen LogP contribution in [0.2, 0.25) is 0 Å². The van der Waals surface area contributed by atoms with Gasteiger partial charge in [0.1, 0.15) is 6.33 Å². The fourth-order valence-corrected chi connectivity index (χ4v) is 1.66. The quantitative estimate of drug-likeness (QED) is 0.791. The summed E-state index contributed by atoms with van der Waals surface area (Å²) in [7, 11) is 0. The predicted octanol–water partition coefficient (Wildman–Crippen LogP) is 3.07. The number of hydrogen-bond donors (Lipinski definition) is 0. The van der Waals surface area contributed by atoms with Crippen molar-refractivity contribution in [2.75, 3.05) is 6.61 Å². The van der Waals surface area contributed by atoms with Crippen molar-refractivity contribution in [2.45, 2.75) is 38.4 Å². The molecule has 0 saturated carbocycles. The zero-order valence-corrected chi connectivity index (χ0v) is 11.2. The third kappa shape index (κ3) is 2.91. The lowest BCUT2D eigenvalue weighted by Crippen LogP contribution is -2.10. The second-order valence-corrected chi connectivity index (χ2v) is 5.03. The van der Waals surface area contributed by atoms with Crippen LogP contribution in [0.5, 0.6) is 5.88 Å². The molecule has 0 aliphatic heterocycles. The molecule has 2 atom stereocenters. The Morgan fingerprint density at radius 2 is 2.07 bits per heavy atom. The molecule has 0 fully saturated rings. The highest BCUT2D eigenvalue weighted by atomic mass is 79.9. The van der Waals surface area contributed by atoms with E-state index in [0.29, 0.717) is 23.2 Å². The van der Waals surface area contributed by atoms with Gasteiger partial charge in [-0.05, 0) is 13.8 Å². The standard InChI is InChI=1S/C11H17BrN2O/c1-5-15-11-8(3)10(13-6-14-11)7(2)9(4)12/h6-7,9H,5H2,1-4H3. The molecule has 0 N–H and O–H groups in total. The van der Waals surface area contributed by atoms with E-state index < -0.39 is 0 Å². The van der Waals surface area contributed by atoms with Crippen molar-refractivity contribution in [3.05, 3.63) is 17.6 Å². The topological polar surface area (TPSA) is 35.0 Å². The molecular weight excluding hydrogens is 256 g/mol. The van der Waals surface area contributed by atoms with Crippen LogP contribution in [0.15, 0.2) is 6.33 Å². The van der Waals surface area contributed by atoms with E-state index in [1.54, 1.807) is 6.33 Å². The highest BCUT2D eigenvalue weighted by Crippen LogP contribution is 2.28. The molecule has 1 heterocycles. The van der Waals surface area contributed by atoms with E-state index in [0.717, 1.165) is 11.3 Å². The molecule has 84 valence electrons. The van der Waals surface area contributed by atoms with Gasteiger partial charge in [-0.15, -0.1) is 0 Å². The minimum Gasteiger partial charge on any atom is -0.478 e. The zero-order chi connectivity index (χ0) is 11.4. The summed E-state index contributed by atoms with van der Waals surface area (Å²) in [6.07, 6.45) is 1.57. The van der Waals surface area contributed by atoms with E-state index in [-0.39, 0.29) is 0 Å². The van der Waals surface area contributed by atoms with Crippen LogP contribution in [0.4, 0.5) is 0 Å². The molecule has 1 aromatic heterocycles. The lowest BCUT2D eigenvalue weighted by Gasteiger charge is -2.17. The molecule has 0 saturated heterocycles. The summed E-state index contributed by atoms with van der Waals surface area (Å²) in [4.78, 5) is 8.83. The van der Waals surface area contributed by atoms with Gasteiger partial charge in [-0.25, -0.2) is 9.97 Å². The summed E-state index contributed by atoms with van der Waals surface area (Å²) >= 11 is 3.57. The largest absolute Gasteiger partial charge is 0.478 e. The van der Waals surface area contributed by atoms with E-state index >= 15 is 0 Å². The van der Waals surface area contributed by atoms with Gasteiger partial charge in [-0.1, -0.05) is 29.8 Å². The van der Waals surface area contributed by atoms with Gasteiger partial charge in [0.05, 0.1) is 12.3 Å². The van der Waals surface area contributed by atoms with Crippen LogP contribution in [0.3, 0.4) is 0 Å². The van der Waals surface area contributed by atoms with Crippen LogP contribution in [-0.4, -0.2) is 21.4 Å². The van der Waals surface area contributed by atoms with Crippen molar-refractivity contribution < 1.29 is 4.74 Å². The van der Waals surface area contributed by atoms with Crippen LogP contribution < -0.4 is 4.74 Å². The number of alkyl halides is 1. The Labute approximate surface area is 99.4 Å². The Bertz CT molecular complexity index is 328. The van der Waals surface area contributed by atoms with Gasteiger partial charge in [0.15, 0.2) is 0 Å². The van der Waals surface area contributed by atoms with Gasteiger partial charge in [0.2, 0.25) is 5.88 Å². The highest BCUT2D eigenvalue weighted by molar-refractivity contribution is 9.09. The van der Waals surface area contributed by atoms with Gasteiger partial charge in [0, 0.05) is 16.3 Å². The van der Waals surface area contributed by atoms with E-state index in [1.807, 2.05) is 13.8 Å². The fraction of sp³-hybridized carbons (Fsp3) is 0.636. The Kier molecular flexibility index (Phi) is 4.51. The Hall–Kier alpha value is -0.640. The minimum absolute atomic E-state index is 0.354. The second kappa shape index (κ2) is 5.45. The minimum atomic E-state index is 0.354. The molecule has 0 spiro atoms. The van der Waals surface area contributed by atoms with Gasteiger partial charge in [0.25, 0.3) is 0 Å². The maximum absolute atomic E-state index is 5.44. The Morgan fingerprint density at radius 1 is 1.40 bits per heavy atom. The van der Waals surface area contributed by atoms with Crippen molar-refractivity contribution in [2.24, 2.45) is 0 Å². The van der Waals surface area contributed by atoms with E-state index in [9.17, 15) is 0 Å². The third-order valence-electron chi connectivity index (χ3n) is 2.48. The lowest BCUT2D eigenvalue weighted by atomic mass is 10.0. The van der Waals surface area contributed by atoms with Crippen LogP contribution in [-0.2, 0) is 0 Å². The molecule has 1 aromatic rings. The first-order valence-corrected chi connectivity index (χ1v) is 6.07. The maximum Gasteiger partial charge on any atom is 0.219 e. The van der Waals surface area contributed by atoms with Crippen LogP contribution in [0.25, 0.3) is 0 Å². The number of halogens is 1. The monoisotopic (exact) mass is 272 g/mol. The number of ether oxygens (including phenoxy) is 1. The number of hydrogen-bond acceptors (Lipinski definition) is 3. The maximum atomic E-state index is 5.44. The smallest absolute Gasteiger partial charge is 0.219 e. The summed E-state index contributed by atoms with van der Waals surface area (Å²) in [6.45, 7) is 8.86. The number of nitrogens with zero attached hydrogens (tertiary/aromatic N) is 2. The van der Waals surface area contributed by atoms with Gasteiger partial charge < -0.3 is 4.74 Å². The Morgan fingerprint density at radius 3 is 2.60 bits per heavy atom. The van der Waals surface area contributed by atoms with E-state index in [4.69, 9.17) is 4.74 Å². The summed E-state index contributed by atoms with van der Waals surface area (Å²) in [6, 6.07) is 0. The molecule has 0 bridgehead atoms. The van der Waals surface area contributed by atoms with Crippen molar-refractivity contribution in [3.8, 4) is 5.88 Å². The van der Waals surface area contributed by atoms with Crippen LogP contribution in [0, 0.1) is 6.92 Å². The highest BCUT2D eigenvalue weighted by Gasteiger charge is 2.17. The molecular formula is C11H17BrN2O. The summed E-state index contributed by atoms with van der Waals surface area (Å²) < 4.78 is 5.44. The zero-order valence-electron chi connectivity index (χ0n) is 9.62. The number of aromatic nitrogens is 2. The first kappa shape index (κ1) is 12.4. The van der Waals surface area contributed by atoms with E-state index in [1.165, 1.54) is 0 Å². The molecule has 0 radical (unpaired) electrons. The SMILES string of the molecule is CCOc1ncnc(C(C)C(C)Br)c1C. The van der Waals surface area contributed by atoms with Crippen LogP contribution in [0.1, 0.15) is 37.9 Å². The molecule has 3 nitrogen and oxygen atoms in total. The first-order valence-electron chi connectivity index (χ1n) is 5.16. The normalized spacial score (nSPS) is 14.7. The predicted molar refractivity (Wildman–Crippen MR) is 64.7 cm³/mol. The average molecular weight is 273 g/mol. The summed E-state index contributed by atoms with van der Waals surface area (Å²) in [5, 5.41) is 0. The van der Waals surface area contributed by atoms with Crippen molar-refractivity contribution in [3.63, 3.8) is 0 Å². The van der Waals surface area contributed by atoms with Crippen molar-refractivity contribution in [1.29, 1.82) is 0 Å².